The van der Waals surface area contributed by atoms with Crippen LogP contribution in [-0.2, 0) is 9.59 Å². The number of carboxylic acids is 1. The fourth-order valence-corrected chi connectivity index (χ4v) is 1.26. The Bertz CT molecular complexity index is 292. The Morgan fingerprint density at radius 2 is 1.88 bits per heavy atom. The minimum atomic E-state index is -1.43. The van der Waals surface area contributed by atoms with Gasteiger partial charge < -0.3 is 15.5 Å². The number of amides is 1. The first-order chi connectivity index (χ1) is 7.84. The zero-order valence-electron chi connectivity index (χ0n) is 10.1. The minimum absolute atomic E-state index is 0.282. The van der Waals surface area contributed by atoms with Gasteiger partial charge in [0.2, 0.25) is 5.91 Å². The molecule has 98 valence electrons. The van der Waals surface area contributed by atoms with Gasteiger partial charge in [-0.15, -0.1) is 4.91 Å². The third-order valence-corrected chi connectivity index (χ3v) is 2.61. The van der Waals surface area contributed by atoms with Gasteiger partial charge in [-0.25, -0.2) is 4.79 Å². The molecule has 0 aromatic heterocycles. The van der Waals surface area contributed by atoms with Crippen LogP contribution in [0.2, 0.25) is 0 Å². The number of nitrogens with zero attached hydrogens (tertiary/aromatic N) is 1. The van der Waals surface area contributed by atoms with Gasteiger partial charge in [0, 0.05) is 0 Å². The molecule has 0 bridgehead atoms. The number of aliphatic carboxylic acids is 1. The van der Waals surface area contributed by atoms with Gasteiger partial charge in [0.15, 0.2) is 12.1 Å². The topological polar surface area (TPSA) is 116 Å². The molecule has 0 fully saturated rings. The maximum atomic E-state index is 11.6. The van der Waals surface area contributed by atoms with Crippen LogP contribution in [0.1, 0.15) is 27.2 Å². The second kappa shape index (κ2) is 6.95. The van der Waals surface area contributed by atoms with Crippen LogP contribution in [0.25, 0.3) is 0 Å². The van der Waals surface area contributed by atoms with Crippen LogP contribution < -0.4 is 5.32 Å². The molecule has 0 aliphatic rings. The molecular weight excluding hydrogens is 228 g/mol. The summed E-state index contributed by atoms with van der Waals surface area (Å²) in [7, 11) is 0. The normalized spacial score (nSPS) is 17.6. The van der Waals surface area contributed by atoms with Crippen LogP contribution in [0.4, 0.5) is 0 Å². The summed E-state index contributed by atoms with van der Waals surface area (Å²) in [5.41, 5.74) is 0. The first-order valence-electron chi connectivity index (χ1n) is 5.38. The number of carboxylic acid groups (broad SMARTS) is 1. The van der Waals surface area contributed by atoms with Crippen LogP contribution in [0.3, 0.4) is 0 Å². The van der Waals surface area contributed by atoms with E-state index in [0.29, 0.717) is 6.42 Å². The Hall–Kier alpha value is -1.50. The third-order valence-electron chi connectivity index (χ3n) is 2.61. The summed E-state index contributed by atoms with van der Waals surface area (Å²) >= 11 is 0. The van der Waals surface area contributed by atoms with Gasteiger partial charge in [0.1, 0.15) is 0 Å². The second-order valence-corrected chi connectivity index (χ2v) is 4.00. The Morgan fingerprint density at radius 1 is 1.35 bits per heavy atom. The summed E-state index contributed by atoms with van der Waals surface area (Å²) in [5.74, 6) is -2.42. The fraction of sp³-hybridized carbons (Fsp3) is 0.800. The molecule has 7 heteroatoms. The number of aliphatic hydroxyl groups excluding tert-OH is 1. The summed E-state index contributed by atoms with van der Waals surface area (Å²) in [6, 6.07) is -2.57. The van der Waals surface area contributed by atoms with Crippen molar-refractivity contribution in [2.24, 2.45) is 11.1 Å². The Morgan fingerprint density at radius 3 is 2.18 bits per heavy atom. The Labute approximate surface area is 99.2 Å². The molecule has 4 atom stereocenters. The number of nitrogens with one attached hydrogen (secondary N) is 1. The summed E-state index contributed by atoms with van der Waals surface area (Å²) in [5, 5.41) is 22.7. The number of carbonyl (C=O) groups excluding carboxylic acids is 1. The molecule has 0 aromatic rings. The van der Waals surface area contributed by atoms with Crippen molar-refractivity contribution in [3.05, 3.63) is 4.91 Å². The lowest BCUT2D eigenvalue weighted by atomic mass is 9.99. The van der Waals surface area contributed by atoms with Gasteiger partial charge in [-0.2, -0.15) is 0 Å². The van der Waals surface area contributed by atoms with E-state index >= 15 is 0 Å². The van der Waals surface area contributed by atoms with Gasteiger partial charge in [-0.05, 0) is 12.8 Å². The first-order valence-corrected chi connectivity index (χ1v) is 5.38. The van der Waals surface area contributed by atoms with E-state index < -0.39 is 30.1 Å². The molecule has 7 nitrogen and oxygen atoms in total. The molecular formula is C10H18N2O5. The van der Waals surface area contributed by atoms with E-state index in [-0.39, 0.29) is 5.92 Å². The van der Waals surface area contributed by atoms with E-state index in [1.165, 1.54) is 6.92 Å². The summed E-state index contributed by atoms with van der Waals surface area (Å²) in [4.78, 5) is 32.9. The van der Waals surface area contributed by atoms with Crippen molar-refractivity contribution in [2.75, 3.05) is 0 Å². The van der Waals surface area contributed by atoms with Gasteiger partial charge >= 0.3 is 5.97 Å². The second-order valence-electron chi connectivity index (χ2n) is 4.00. The number of hydrogen-bond acceptors (Lipinski definition) is 5. The molecule has 1 amide bonds. The molecule has 0 aromatic carbocycles. The summed E-state index contributed by atoms with van der Waals surface area (Å²) in [6.07, 6.45) is -0.684. The van der Waals surface area contributed by atoms with Crippen molar-refractivity contribution in [2.45, 2.75) is 45.4 Å². The highest BCUT2D eigenvalue weighted by molar-refractivity contribution is 5.87. The molecule has 0 spiro atoms. The highest BCUT2D eigenvalue weighted by Gasteiger charge is 2.31. The van der Waals surface area contributed by atoms with E-state index in [0.717, 1.165) is 0 Å². The van der Waals surface area contributed by atoms with Crippen molar-refractivity contribution in [3.63, 3.8) is 0 Å². The molecule has 0 aliphatic carbocycles. The lowest BCUT2D eigenvalue weighted by Crippen LogP contribution is -2.51. The Kier molecular flexibility index (Phi) is 6.34. The number of nitroso groups, excluding NO2 is 1. The van der Waals surface area contributed by atoms with Crippen LogP contribution in [0, 0.1) is 10.8 Å². The van der Waals surface area contributed by atoms with E-state index in [2.05, 4.69) is 10.5 Å². The highest BCUT2D eigenvalue weighted by atomic mass is 16.4. The molecule has 0 heterocycles. The minimum Gasteiger partial charge on any atom is -0.480 e. The number of rotatable bonds is 7. The smallest absolute Gasteiger partial charge is 0.328 e. The van der Waals surface area contributed by atoms with Crippen molar-refractivity contribution in [1.82, 2.24) is 5.32 Å². The maximum absolute atomic E-state index is 11.6. The van der Waals surface area contributed by atoms with Gasteiger partial charge in [-0.1, -0.05) is 25.4 Å². The molecule has 0 radical (unpaired) electrons. The SMILES string of the molecule is CC[C@H](C)[C@H](N=O)C(=O)N[C@H](C(=O)O)[C@@H](C)O. The molecule has 0 aliphatic heterocycles. The quantitative estimate of drug-likeness (QED) is 0.551. The van der Waals surface area contributed by atoms with Crippen LogP contribution >= 0.6 is 0 Å². The van der Waals surface area contributed by atoms with Gasteiger partial charge in [0.05, 0.1) is 6.10 Å². The number of hydrogen-bond donors (Lipinski definition) is 3. The van der Waals surface area contributed by atoms with Crippen molar-refractivity contribution in [3.8, 4) is 0 Å². The zero-order chi connectivity index (χ0) is 13.6. The average Bonchev–Trinajstić information content (AvgIpc) is 2.25. The lowest BCUT2D eigenvalue weighted by molar-refractivity contribution is -0.145. The predicted molar refractivity (Wildman–Crippen MR) is 60.3 cm³/mol. The molecule has 0 saturated heterocycles. The van der Waals surface area contributed by atoms with Crippen LogP contribution in [-0.4, -0.2) is 40.3 Å². The average molecular weight is 246 g/mol. The lowest BCUT2D eigenvalue weighted by Gasteiger charge is -2.20. The van der Waals surface area contributed by atoms with Crippen molar-refractivity contribution in [1.29, 1.82) is 0 Å². The summed E-state index contributed by atoms with van der Waals surface area (Å²) in [6.45, 7) is 4.70. The van der Waals surface area contributed by atoms with E-state index in [1.807, 2.05) is 0 Å². The van der Waals surface area contributed by atoms with E-state index in [1.54, 1.807) is 13.8 Å². The van der Waals surface area contributed by atoms with E-state index in [9.17, 15) is 19.6 Å². The highest BCUT2D eigenvalue weighted by Crippen LogP contribution is 2.11. The standard InChI is InChI=1S/C10H18N2O5/c1-4-5(2)7(12-17)9(14)11-8(6(3)13)10(15)16/h5-8,13H,4H2,1-3H3,(H,11,14)(H,15,16)/t5-,6+,7-,8-/m0/s1. The molecule has 0 saturated carbocycles. The van der Waals surface area contributed by atoms with Crippen molar-refractivity contribution < 1.29 is 19.8 Å². The zero-order valence-corrected chi connectivity index (χ0v) is 10.1. The van der Waals surface area contributed by atoms with Crippen molar-refractivity contribution >= 4 is 11.9 Å². The van der Waals surface area contributed by atoms with Crippen LogP contribution in [0.5, 0.6) is 0 Å². The molecule has 0 unspecified atom stereocenters. The molecule has 3 N–H and O–H groups in total. The monoisotopic (exact) mass is 246 g/mol. The molecule has 0 rings (SSSR count). The predicted octanol–water partition coefficient (Wildman–Crippen LogP) is 0.118. The maximum Gasteiger partial charge on any atom is 0.328 e. The van der Waals surface area contributed by atoms with Gasteiger partial charge in [-0.3, -0.25) is 4.79 Å². The Balaban J connectivity index is 4.69. The van der Waals surface area contributed by atoms with E-state index in [4.69, 9.17) is 5.11 Å². The fourth-order valence-electron chi connectivity index (χ4n) is 1.26. The number of aliphatic hydroxyl groups is 1. The first kappa shape index (κ1) is 15.5. The van der Waals surface area contributed by atoms with Gasteiger partial charge in [0.25, 0.3) is 0 Å². The molecule has 17 heavy (non-hydrogen) atoms. The summed E-state index contributed by atoms with van der Waals surface area (Å²) < 4.78 is 0. The third kappa shape index (κ3) is 4.48. The largest absolute Gasteiger partial charge is 0.480 e. The number of carbonyl (C=O) groups is 2. The van der Waals surface area contributed by atoms with Crippen LogP contribution in [0.15, 0.2) is 5.18 Å².